The van der Waals surface area contributed by atoms with Gasteiger partial charge in [0, 0.05) is 11.5 Å². The third-order valence-electron chi connectivity index (χ3n) is 4.08. The minimum absolute atomic E-state index is 0.267. The van der Waals surface area contributed by atoms with Crippen molar-refractivity contribution in [1.29, 1.82) is 0 Å². The maximum atomic E-state index is 5.94. The van der Waals surface area contributed by atoms with Crippen LogP contribution in [0.3, 0.4) is 0 Å². The summed E-state index contributed by atoms with van der Waals surface area (Å²) in [5, 5.41) is 0. The number of benzene rings is 2. The van der Waals surface area contributed by atoms with Gasteiger partial charge in [-0.2, -0.15) is 0 Å². The van der Waals surface area contributed by atoms with Gasteiger partial charge in [0.1, 0.15) is 12.4 Å². The van der Waals surface area contributed by atoms with Crippen LogP contribution in [0.15, 0.2) is 40.9 Å². The van der Waals surface area contributed by atoms with E-state index < -0.39 is 0 Å². The second-order valence-corrected chi connectivity index (χ2v) is 6.31. The number of halogens is 1. The lowest BCUT2D eigenvalue weighted by atomic mass is 9.99. The van der Waals surface area contributed by atoms with Gasteiger partial charge in [0.2, 0.25) is 0 Å². The van der Waals surface area contributed by atoms with E-state index in [1.807, 2.05) is 6.07 Å². The number of aryl methyl sites for hydroxylation is 2. The molecule has 2 nitrogen and oxygen atoms in total. The standard InChI is InChI=1S/C17H18BrNO/c1-11-4-5-13(8-12(11)2)16-10-20-17-9-14(18)6-7-15(17)19(16)3/h4-9,16H,10H2,1-3H3. The Hall–Kier alpha value is -1.48. The lowest BCUT2D eigenvalue weighted by molar-refractivity contribution is 0.268. The Bertz CT molecular complexity index is 653. The molecule has 1 aliphatic rings. The predicted molar refractivity (Wildman–Crippen MR) is 86.7 cm³/mol. The Kier molecular flexibility index (Phi) is 3.47. The van der Waals surface area contributed by atoms with Gasteiger partial charge in [0.25, 0.3) is 0 Å². The van der Waals surface area contributed by atoms with E-state index in [1.165, 1.54) is 16.7 Å². The van der Waals surface area contributed by atoms with Gasteiger partial charge in [-0.3, -0.25) is 0 Å². The first-order valence-electron chi connectivity index (χ1n) is 6.78. The maximum Gasteiger partial charge on any atom is 0.143 e. The number of hydrogen-bond acceptors (Lipinski definition) is 2. The summed E-state index contributed by atoms with van der Waals surface area (Å²) >= 11 is 3.49. The van der Waals surface area contributed by atoms with Crippen LogP contribution in [0.25, 0.3) is 0 Å². The predicted octanol–water partition coefficient (Wildman–Crippen LogP) is 4.64. The van der Waals surface area contributed by atoms with Crippen LogP contribution in [-0.2, 0) is 0 Å². The molecular formula is C17H18BrNO. The molecule has 3 rings (SSSR count). The molecule has 104 valence electrons. The Morgan fingerprint density at radius 3 is 2.65 bits per heavy atom. The number of rotatable bonds is 1. The van der Waals surface area contributed by atoms with Crippen LogP contribution in [0.1, 0.15) is 22.7 Å². The zero-order valence-corrected chi connectivity index (χ0v) is 13.6. The van der Waals surface area contributed by atoms with Crippen LogP contribution in [0.2, 0.25) is 0 Å². The summed E-state index contributed by atoms with van der Waals surface area (Å²) in [6, 6.07) is 13.1. The van der Waals surface area contributed by atoms with Crippen molar-refractivity contribution in [1.82, 2.24) is 0 Å². The highest BCUT2D eigenvalue weighted by atomic mass is 79.9. The molecule has 0 spiro atoms. The first-order chi connectivity index (χ1) is 9.56. The molecule has 1 heterocycles. The summed E-state index contributed by atoms with van der Waals surface area (Å²) in [6.45, 7) is 4.99. The Balaban J connectivity index is 1.97. The fraction of sp³-hybridized carbons (Fsp3) is 0.294. The molecule has 1 atom stereocenters. The van der Waals surface area contributed by atoms with Crippen molar-refractivity contribution >= 4 is 21.6 Å². The second kappa shape index (κ2) is 5.13. The summed E-state index contributed by atoms with van der Waals surface area (Å²) in [5.41, 5.74) is 5.11. The fourth-order valence-electron chi connectivity index (χ4n) is 2.64. The smallest absolute Gasteiger partial charge is 0.143 e. The third kappa shape index (κ3) is 2.31. The molecule has 0 amide bonds. The van der Waals surface area contributed by atoms with Crippen molar-refractivity contribution in [3.63, 3.8) is 0 Å². The van der Waals surface area contributed by atoms with E-state index in [4.69, 9.17) is 4.74 Å². The SMILES string of the molecule is Cc1ccc(C2COc3cc(Br)ccc3N2C)cc1C. The number of fused-ring (bicyclic) bond motifs is 1. The number of hydrogen-bond donors (Lipinski definition) is 0. The Labute approximate surface area is 128 Å². The van der Waals surface area contributed by atoms with Crippen molar-refractivity contribution in [2.75, 3.05) is 18.6 Å². The number of anilines is 1. The highest BCUT2D eigenvalue weighted by molar-refractivity contribution is 9.10. The zero-order chi connectivity index (χ0) is 14.3. The number of likely N-dealkylation sites (N-methyl/N-ethyl adjacent to an activating group) is 1. The zero-order valence-electron chi connectivity index (χ0n) is 12.0. The average molecular weight is 332 g/mol. The summed E-state index contributed by atoms with van der Waals surface area (Å²) in [6.07, 6.45) is 0. The molecule has 0 N–H and O–H groups in total. The molecule has 0 aromatic heterocycles. The van der Waals surface area contributed by atoms with Crippen LogP contribution in [-0.4, -0.2) is 13.7 Å². The summed E-state index contributed by atoms with van der Waals surface area (Å²) < 4.78 is 6.99. The monoisotopic (exact) mass is 331 g/mol. The molecule has 1 unspecified atom stereocenters. The molecule has 1 aliphatic heterocycles. The van der Waals surface area contributed by atoms with E-state index in [1.54, 1.807) is 0 Å². The van der Waals surface area contributed by atoms with Crippen molar-refractivity contribution in [3.8, 4) is 5.75 Å². The molecule has 3 heteroatoms. The third-order valence-corrected chi connectivity index (χ3v) is 4.58. The van der Waals surface area contributed by atoms with Crippen molar-refractivity contribution in [2.45, 2.75) is 19.9 Å². The van der Waals surface area contributed by atoms with Gasteiger partial charge in [-0.1, -0.05) is 34.1 Å². The van der Waals surface area contributed by atoms with E-state index in [2.05, 4.69) is 72.1 Å². The van der Waals surface area contributed by atoms with E-state index in [-0.39, 0.29) is 6.04 Å². The minimum atomic E-state index is 0.267. The first-order valence-corrected chi connectivity index (χ1v) is 7.58. The molecule has 0 radical (unpaired) electrons. The molecule has 2 aromatic rings. The topological polar surface area (TPSA) is 12.5 Å². The maximum absolute atomic E-state index is 5.94. The lowest BCUT2D eigenvalue weighted by Crippen LogP contribution is -2.33. The van der Waals surface area contributed by atoms with Crippen LogP contribution in [0.5, 0.6) is 5.75 Å². The Morgan fingerprint density at radius 2 is 1.90 bits per heavy atom. The van der Waals surface area contributed by atoms with Crippen molar-refractivity contribution in [3.05, 3.63) is 57.6 Å². The first kappa shape index (κ1) is 13.5. The van der Waals surface area contributed by atoms with Gasteiger partial charge < -0.3 is 9.64 Å². The van der Waals surface area contributed by atoms with Crippen LogP contribution < -0.4 is 9.64 Å². The minimum Gasteiger partial charge on any atom is -0.489 e. The largest absolute Gasteiger partial charge is 0.489 e. The number of ether oxygens (including phenoxy) is 1. The molecule has 20 heavy (non-hydrogen) atoms. The van der Waals surface area contributed by atoms with Crippen molar-refractivity contribution in [2.24, 2.45) is 0 Å². The summed E-state index contributed by atoms with van der Waals surface area (Å²) in [5.74, 6) is 0.946. The molecule has 0 fully saturated rings. The normalized spacial score (nSPS) is 17.6. The van der Waals surface area contributed by atoms with Gasteiger partial charge in [-0.25, -0.2) is 0 Å². The van der Waals surface area contributed by atoms with E-state index in [0.29, 0.717) is 6.61 Å². The Morgan fingerprint density at radius 1 is 1.10 bits per heavy atom. The van der Waals surface area contributed by atoms with Crippen LogP contribution >= 0.6 is 15.9 Å². The quantitative estimate of drug-likeness (QED) is 0.755. The van der Waals surface area contributed by atoms with E-state index in [9.17, 15) is 0 Å². The molecule has 0 saturated carbocycles. The van der Waals surface area contributed by atoms with Gasteiger partial charge in [0.05, 0.1) is 11.7 Å². The van der Waals surface area contributed by atoms with Gasteiger partial charge in [0.15, 0.2) is 0 Å². The van der Waals surface area contributed by atoms with Gasteiger partial charge >= 0.3 is 0 Å². The molecule has 0 bridgehead atoms. The second-order valence-electron chi connectivity index (χ2n) is 5.39. The van der Waals surface area contributed by atoms with E-state index >= 15 is 0 Å². The van der Waals surface area contributed by atoms with Crippen molar-refractivity contribution < 1.29 is 4.74 Å². The fourth-order valence-corrected chi connectivity index (χ4v) is 2.98. The van der Waals surface area contributed by atoms with Gasteiger partial charge in [-0.05, 0) is 48.7 Å². The average Bonchev–Trinajstić information content (AvgIpc) is 2.42. The van der Waals surface area contributed by atoms with Crippen LogP contribution in [0, 0.1) is 13.8 Å². The number of nitrogens with zero attached hydrogens (tertiary/aromatic N) is 1. The van der Waals surface area contributed by atoms with Gasteiger partial charge in [-0.15, -0.1) is 0 Å². The molecule has 0 aliphatic carbocycles. The highest BCUT2D eigenvalue weighted by Gasteiger charge is 2.26. The highest BCUT2D eigenvalue weighted by Crippen LogP contribution is 2.39. The lowest BCUT2D eigenvalue weighted by Gasteiger charge is -2.36. The molecule has 0 saturated heterocycles. The molecule has 2 aromatic carbocycles. The van der Waals surface area contributed by atoms with E-state index in [0.717, 1.165) is 15.9 Å². The summed E-state index contributed by atoms with van der Waals surface area (Å²) in [4.78, 5) is 2.30. The van der Waals surface area contributed by atoms with Crippen LogP contribution in [0.4, 0.5) is 5.69 Å². The summed E-state index contributed by atoms with van der Waals surface area (Å²) in [7, 11) is 2.13. The molecular weight excluding hydrogens is 314 g/mol.